The zero-order chi connectivity index (χ0) is 21.8. The summed E-state index contributed by atoms with van der Waals surface area (Å²) in [4.78, 5) is 12.7. The molecule has 0 fully saturated rings. The highest BCUT2D eigenvalue weighted by Gasteiger charge is 2.25. The van der Waals surface area contributed by atoms with Gasteiger partial charge in [-0.1, -0.05) is 29.8 Å². The van der Waals surface area contributed by atoms with Crippen LogP contribution in [0.5, 0.6) is 0 Å². The molecule has 0 aliphatic carbocycles. The van der Waals surface area contributed by atoms with Gasteiger partial charge < -0.3 is 20.9 Å². The summed E-state index contributed by atoms with van der Waals surface area (Å²) < 4.78 is 5.57. The molecule has 0 saturated carbocycles. The summed E-state index contributed by atoms with van der Waals surface area (Å²) >= 11 is 6.17. The van der Waals surface area contributed by atoms with Crippen molar-refractivity contribution in [1.29, 1.82) is 0 Å². The Labute approximate surface area is 178 Å². The van der Waals surface area contributed by atoms with Crippen LogP contribution in [0.4, 0.5) is 11.4 Å². The smallest absolute Gasteiger partial charge is 0.307 e. The topological polar surface area (TPSA) is 84.6 Å². The van der Waals surface area contributed by atoms with Crippen LogP contribution in [0.3, 0.4) is 0 Å². The van der Waals surface area contributed by atoms with E-state index in [2.05, 4.69) is 5.32 Å². The Morgan fingerprint density at radius 3 is 2.55 bits per heavy atom. The maximum absolute atomic E-state index is 12.7. The molecule has 0 aliphatic heterocycles. The molecule has 2 rings (SSSR count). The van der Waals surface area contributed by atoms with E-state index in [1.54, 1.807) is 6.07 Å². The van der Waals surface area contributed by atoms with Crippen molar-refractivity contribution in [2.45, 2.75) is 59.2 Å². The summed E-state index contributed by atoms with van der Waals surface area (Å²) in [7, 11) is 0. The molecule has 0 amide bonds. The van der Waals surface area contributed by atoms with Crippen molar-refractivity contribution in [3.63, 3.8) is 0 Å². The van der Waals surface area contributed by atoms with Crippen LogP contribution in [0.2, 0.25) is 5.02 Å². The third-order valence-electron chi connectivity index (χ3n) is 4.73. The second-order valence-electron chi connectivity index (χ2n) is 8.12. The molecule has 5 nitrogen and oxygen atoms in total. The van der Waals surface area contributed by atoms with Crippen molar-refractivity contribution in [2.75, 3.05) is 17.6 Å². The SMILES string of the molecule is CCNc1ccc(C(CC(=O)OC(C)(C)C)c2ccc(Cl)c(CO)c2)c(C)c1N. The Hall–Kier alpha value is -2.24. The molecule has 29 heavy (non-hydrogen) atoms. The number of esters is 1. The van der Waals surface area contributed by atoms with Crippen molar-refractivity contribution >= 4 is 28.9 Å². The number of carbonyl (C=O) groups is 1. The van der Waals surface area contributed by atoms with Gasteiger partial charge in [-0.25, -0.2) is 0 Å². The van der Waals surface area contributed by atoms with E-state index >= 15 is 0 Å². The number of hydrogen-bond acceptors (Lipinski definition) is 5. The molecule has 1 unspecified atom stereocenters. The fourth-order valence-electron chi connectivity index (χ4n) is 3.36. The van der Waals surface area contributed by atoms with E-state index in [1.807, 2.05) is 58.9 Å². The second-order valence-corrected chi connectivity index (χ2v) is 8.53. The van der Waals surface area contributed by atoms with Crippen molar-refractivity contribution < 1.29 is 14.6 Å². The van der Waals surface area contributed by atoms with Gasteiger partial charge >= 0.3 is 5.97 Å². The first-order valence-corrected chi connectivity index (χ1v) is 10.2. The molecule has 1 atom stereocenters. The Bertz CT molecular complexity index is 875. The third-order valence-corrected chi connectivity index (χ3v) is 5.10. The predicted octanol–water partition coefficient (Wildman–Crippen LogP) is 5.02. The fraction of sp³-hybridized carbons (Fsp3) is 0.435. The number of benzene rings is 2. The first-order valence-electron chi connectivity index (χ1n) is 9.81. The molecule has 0 bridgehead atoms. The molecule has 0 saturated heterocycles. The van der Waals surface area contributed by atoms with Crippen LogP contribution in [0, 0.1) is 6.92 Å². The molecule has 158 valence electrons. The monoisotopic (exact) mass is 418 g/mol. The average Bonchev–Trinajstić information content (AvgIpc) is 2.63. The number of carbonyl (C=O) groups excluding carboxylic acids is 1. The first kappa shape index (κ1) is 23.0. The fourth-order valence-corrected chi connectivity index (χ4v) is 3.53. The summed E-state index contributed by atoms with van der Waals surface area (Å²) in [5.41, 5.74) is 10.7. The average molecular weight is 419 g/mol. The molecule has 0 radical (unpaired) electrons. The molecule has 4 N–H and O–H groups in total. The van der Waals surface area contributed by atoms with Gasteiger partial charge in [-0.2, -0.15) is 0 Å². The highest BCUT2D eigenvalue weighted by atomic mass is 35.5. The van der Waals surface area contributed by atoms with E-state index < -0.39 is 5.60 Å². The normalized spacial score (nSPS) is 12.5. The number of anilines is 2. The summed E-state index contributed by atoms with van der Waals surface area (Å²) in [5, 5.41) is 13.4. The summed E-state index contributed by atoms with van der Waals surface area (Å²) in [6.45, 7) is 10.1. The molecule has 0 spiro atoms. The first-order chi connectivity index (χ1) is 13.6. The minimum absolute atomic E-state index is 0.157. The Balaban J connectivity index is 2.53. The summed E-state index contributed by atoms with van der Waals surface area (Å²) in [5.74, 6) is -0.567. The number of hydrogen-bond donors (Lipinski definition) is 3. The number of ether oxygens (including phenoxy) is 1. The zero-order valence-electron chi connectivity index (χ0n) is 17.8. The van der Waals surface area contributed by atoms with Gasteiger partial charge in [-0.15, -0.1) is 0 Å². The second kappa shape index (κ2) is 9.51. The van der Waals surface area contributed by atoms with Gasteiger partial charge in [0, 0.05) is 17.5 Å². The standard InChI is InChI=1S/C23H31ClN2O3/c1-6-26-20-10-8-17(14(2)22(20)25)18(12-21(28)29-23(3,4)5)15-7-9-19(24)16(11-15)13-27/h7-11,18,26-27H,6,12-13,25H2,1-5H3. The van der Waals surface area contributed by atoms with Crippen LogP contribution in [-0.2, 0) is 16.1 Å². The van der Waals surface area contributed by atoms with Crippen LogP contribution < -0.4 is 11.1 Å². The van der Waals surface area contributed by atoms with E-state index in [0.29, 0.717) is 16.3 Å². The number of rotatable bonds is 7. The van der Waals surface area contributed by atoms with Gasteiger partial charge in [-0.3, -0.25) is 4.79 Å². The molecule has 0 aromatic heterocycles. The van der Waals surface area contributed by atoms with Crippen molar-refractivity contribution in [3.05, 3.63) is 57.6 Å². The van der Waals surface area contributed by atoms with Crippen molar-refractivity contribution in [1.82, 2.24) is 0 Å². The van der Waals surface area contributed by atoms with Gasteiger partial charge in [-0.05, 0) is 69.0 Å². The zero-order valence-corrected chi connectivity index (χ0v) is 18.6. The number of nitrogen functional groups attached to an aromatic ring is 1. The number of nitrogens with one attached hydrogen (secondary N) is 1. The Kier molecular flexibility index (Phi) is 7.55. The number of nitrogens with two attached hydrogens (primary N) is 1. The van der Waals surface area contributed by atoms with E-state index in [-0.39, 0.29) is 24.9 Å². The van der Waals surface area contributed by atoms with Gasteiger partial charge in [0.25, 0.3) is 0 Å². The van der Waals surface area contributed by atoms with Crippen LogP contribution >= 0.6 is 11.6 Å². The number of halogens is 1. The van der Waals surface area contributed by atoms with Gasteiger partial charge in [0.15, 0.2) is 0 Å². The molecule has 2 aromatic rings. The van der Waals surface area contributed by atoms with Crippen LogP contribution in [0.1, 0.15) is 62.3 Å². The highest BCUT2D eigenvalue weighted by molar-refractivity contribution is 6.31. The number of aliphatic hydroxyl groups excluding tert-OH is 1. The van der Waals surface area contributed by atoms with E-state index in [4.69, 9.17) is 22.1 Å². The largest absolute Gasteiger partial charge is 0.460 e. The Morgan fingerprint density at radius 2 is 1.97 bits per heavy atom. The molecule has 2 aromatic carbocycles. The maximum Gasteiger partial charge on any atom is 0.307 e. The lowest BCUT2D eigenvalue weighted by molar-refractivity contribution is -0.155. The van der Waals surface area contributed by atoms with Crippen LogP contribution in [0.15, 0.2) is 30.3 Å². The lowest BCUT2D eigenvalue weighted by Crippen LogP contribution is -2.25. The minimum atomic E-state index is -0.569. The van der Waals surface area contributed by atoms with Crippen LogP contribution in [-0.4, -0.2) is 23.2 Å². The van der Waals surface area contributed by atoms with Crippen LogP contribution in [0.25, 0.3) is 0 Å². The predicted molar refractivity (Wildman–Crippen MR) is 119 cm³/mol. The summed E-state index contributed by atoms with van der Waals surface area (Å²) in [6.07, 6.45) is 0.157. The maximum atomic E-state index is 12.7. The minimum Gasteiger partial charge on any atom is -0.460 e. The lowest BCUT2D eigenvalue weighted by Gasteiger charge is -2.25. The van der Waals surface area contributed by atoms with Gasteiger partial charge in [0.05, 0.1) is 24.4 Å². The molecular formula is C23H31ClN2O3. The van der Waals surface area contributed by atoms with E-state index in [0.717, 1.165) is 28.9 Å². The third kappa shape index (κ3) is 5.87. The van der Waals surface area contributed by atoms with E-state index in [1.165, 1.54) is 0 Å². The molecular weight excluding hydrogens is 388 g/mol. The molecule has 0 aliphatic rings. The summed E-state index contributed by atoms with van der Waals surface area (Å²) in [6, 6.07) is 9.39. The number of aliphatic hydroxyl groups is 1. The van der Waals surface area contributed by atoms with Crippen molar-refractivity contribution in [2.24, 2.45) is 0 Å². The van der Waals surface area contributed by atoms with Gasteiger partial charge in [0.1, 0.15) is 5.60 Å². The van der Waals surface area contributed by atoms with Gasteiger partial charge in [0.2, 0.25) is 0 Å². The lowest BCUT2D eigenvalue weighted by atomic mass is 9.84. The van der Waals surface area contributed by atoms with E-state index in [9.17, 15) is 9.90 Å². The molecule has 0 heterocycles. The highest BCUT2D eigenvalue weighted by Crippen LogP contribution is 2.37. The quantitative estimate of drug-likeness (QED) is 0.434. The van der Waals surface area contributed by atoms with Crippen molar-refractivity contribution in [3.8, 4) is 0 Å². The Morgan fingerprint density at radius 1 is 1.28 bits per heavy atom. The molecule has 6 heteroatoms.